The van der Waals surface area contributed by atoms with Crippen molar-refractivity contribution >= 4 is 35.7 Å². The van der Waals surface area contributed by atoms with Gasteiger partial charge in [-0.3, -0.25) is 24.0 Å². The van der Waals surface area contributed by atoms with E-state index in [2.05, 4.69) is 0 Å². The number of ether oxygens (including phenoxy) is 2. The van der Waals surface area contributed by atoms with Crippen molar-refractivity contribution < 1.29 is 43.7 Å². The Kier molecular flexibility index (Phi) is 9.80. The minimum Gasteiger partial charge on any atom is -0.481 e. The second kappa shape index (κ2) is 12.1. The first-order chi connectivity index (χ1) is 13.7. The van der Waals surface area contributed by atoms with Gasteiger partial charge in [0.1, 0.15) is 0 Å². The van der Waals surface area contributed by atoms with Crippen LogP contribution in [0.1, 0.15) is 51.0 Å². The first-order valence-corrected chi connectivity index (χ1v) is 8.85. The summed E-state index contributed by atoms with van der Waals surface area (Å²) in [7, 11) is 0. The van der Waals surface area contributed by atoms with Crippen LogP contribution < -0.4 is 9.47 Å². The lowest BCUT2D eigenvalue weighted by molar-refractivity contribution is -0.140. The van der Waals surface area contributed by atoms with Gasteiger partial charge in [0, 0.05) is 25.7 Å². The fraction of sp³-hybridized carbons (Fsp3) is 0.350. The maximum atomic E-state index is 12.0. The first-order valence-electron chi connectivity index (χ1n) is 8.85. The average Bonchev–Trinajstić information content (AvgIpc) is 2.61. The molecule has 0 unspecified atom stereocenters. The van der Waals surface area contributed by atoms with Crippen LogP contribution in [0.2, 0.25) is 0 Å². The van der Waals surface area contributed by atoms with E-state index >= 15 is 0 Å². The molecule has 0 aliphatic rings. The molecule has 0 atom stereocenters. The lowest BCUT2D eigenvalue weighted by atomic mass is 10.1. The highest BCUT2D eigenvalue weighted by molar-refractivity contribution is 5.91. The molecule has 0 bridgehead atoms. The zero-order valence-electron chi connectivity index (χ0n) is 15.9. The van der Waals surface area contributed by atoms with Gasteiger partial charge in [0.05, 0.1) is 0 Å². The lowest BCUT2D eigenvalue weighted by Crippen LogP contribution is -2.13. The Morgan fingerprint density at radius 2 is 1.34 bits per heavy atom. The molecule has 0 aromatic heterocycles. The number of esters is 2. The summed E-state index contributed by atoms with van der Waals surface area (Å²) in [5.74, 6) is -3.77. The predicted molar refractivity (Wildman–Crippen MR) is 100 cm³/mol. The molecule has 156 valence electrons. The summed E-state index contributed by atoms with van der Waals surface area (Å²) in [6.07, 6.45) is 2.32. The van der Waals surface area contributed by atoms with Gasteiger partial charge >= 0.3 is 23.9 Å². The molecule has 0 saturated carbocycles. The number of carboxylic acid groups (broad SMARTS) is 2. The number of ketones is 1. The molecular formula is C20H22O9. The van der Waals surface area contributed by atoms with E-state index in [1.54, 1.807) is 6.07 Å². The molecule has 0 amide bonds. The Morgan fingerprint density at radius 3 is 1.83 bits per heavy atom. The molecule has 2 N–H and O–H groups in total. The summed E-state index contributed by atoms with van der Waals surface area (Å²) < 4.78 is 10.4. The normalized spacial score (nSPS) is 10.5. The second-order valence-corrected chi connectivity index (χ2v) is 6.09. The number of benzene rings is 1. The Bertz CT molecular complexity index is 808. The standard InChI is InChI=1S/C20H22O9/c1-13(21)8-9-14-10-11-15(28-19(26)6-2-4-17(22)23)16(12-14)29-20(27)7-3-5-18(24)25/h8-12H,2-7H2,1H3,(H,22,23)(H,24,25)/b9-8+. The van der Waals surface area contributed by atoms with Crippen LogP contribution in [0.5, 0.6) is 11.5 Å². The third-order valence-corrected chi connectivity index (χ3v) is 3.47. The number of carbonyl (C=O) groups is 5. The van der Waals surface area contributed by atoms with E-state index in [-0.39, 0.29) is 55.8 Å². The number of carboxylic acids is 2. The minimum absolute atomic E-state index is 0.0446. The number of aliphatic carboxylic acids is 2. The maximum absolute atomic E-state index is 12.0. The van der Waals surface area contributed by atoms with Crippen molar-refractivity contribution in [3.63, 3.8) is 0 Å². The first kappa shape index (κ1) is 23.5. The van der Waals surface area contributed by atoms with Crippen molar-refractivity contribution in [2.45, 2.75) is 45.4 Å². The zero-order chi connectivity index (χ0) is 21.8. The smallest absolute Gasteiger partial charge is 0.311 e. The largest absolute Gasteiger partial charge is 0.481 e. The van der Waals surface area contributed by atoms with Crippen LogP contribution in [0.4, 0.5) is 0 Å². The molecule has 1 aromatic carbocycles. The predicted octanol–water partition coefficient (Wildman–Crippen LogP) is 2.61. The van der Waals surface area contributed by atoms with Crippen molar-refractivity contribution in [3.8, 4) is 11.5 Å². The molecular weight excluding hydrogens is 384 g/mol. The van der Waals surface area contributed by atoms with Crippen LogP contribution in [-0.2, 0) is 24.0 Å². The van der Waals surface area contributed by atoms with Gasteiger partial charge in [-0.25, -0.2) is 0 Å². The number of hydrogen-bond acceptors (Lipinski definition) is 7. The molecule has 9 nitrogen and oxygen atoms in total. The monoisotopic (exact) mass is 406 g/mol. The van der Waals surface area contributed by atoms with E-state index in [4.69, 9.17) is 19.7 Å². The molecule has 0 fully saturated rings. The van der Waals surface area contributed by atoms with E-state index in [0.717, 1.165) is 0 Å². The zero-order valence-corrected chi connectivity index (χ0v) is 15.9. The van der Waals surface area contributed by atoms with E-state index in [0.29, 0.717) is 5.56 Å². The van der Waals surface area contributed by atoms with Gasteiger partial charge in [-0.2, -0.15) is 0 Å². The summed E-state index contributed by atoms with van der Waals surface area (Å²) in [4.78, 5) is 56.0. The molecule has 0 heterocycles. The summed E-state index contributed by atoms with van der Waals surface area (Å²) in [5, 5.41) is 17.2. The maximum Gasteiger partial charge on any atom is 0.311 e. The molecule has 1 aromatic rings. The van der Waals surface area contributed by atoms with Crippen molar-refractivity contribution in [1.29, 1.82) is 0 Å². The fourth-order valence-electron chi connectivity index (χ4n) is 2.12. The van der Waals surface area contributed by atoms with E-state index in [1.807, 2.05) is 0 Å². The van der Waals surface area contributed by atoms with E-state index in [1.165, 1.54) is 31.2 Å². The van der Waals surface area contributed by atoms with E-state index < -0.39 is 23.9 Å². The molecule has 29 heavy (non-hydrogen) atoms. The van der Waals surface area contributed by atoms with Crippen molar-refractivity contribution in [1.82, 2.24) is 0 Å². The molecule has 0 saturated heterocycles. The van der Waals surface area contributed by atoms with Crippen molar-refractivity contribution in [2.75, 3.05) is 0 Å². The van der Waals surface area contributed by atoms with Gasteiger partial charge in [0.25, 0.3) is 0 Å². The third kappa shape index (κ3) is 10.4. The average molecular weight is 406 g/mol. The molecule has 0 aliphatic carbocycles. The Labute approximate surface area is 166 Å². The van der Waals surface area contributed by atoms with Crippen molar-refractivity contribution in [2.24, 2.45) is 0 Å². The van der Waals surface area contributed by atoms with Crippen LogP contribution >= 0.6 is 0 Å². The lowest BCUT2D eigenvalue weighted by Gasteiger charge is -2.11. The molecule has 0 aliphatic heterocycles. The Balaban J connectivity index is 2.90. The summed E-state index contributed by atoms with van der Waals surface area (Å²) in [6, 6.07) is 4.32. The summed E-state index contributed by atoms with van der Waals surface area (Å²) >= 11 is 0. The number of allylic oxidation sites excluding steroid dienone is 1. The Morgan fingerprint density at radius 1 is 0.828 bits per heavy atom. The number of hydrogen-bond donors (Lipinski definition) is 2. The Hall–Kier alpha value is -3.49. The van der Waals surface area contributed by atoms with Gasteiger partial charge in [0.2, 0.25) is 0 Å². The molecule has 0 spiro atoms. The number of carbonyl (C=O) groups excluding carboxylic acids is 3. The van der Waals surface area contributed by atoms with Crippen LogP contribution in [0.25, 0.3) is 6.08 Å². The summed E-state index contributed by atoms with van der Waals surface area (Å²) in [5.41, 5.74) is 0.513. The summed E-state index contributed by atoms with van der Waals surface area (Å²) in [6.45, 7) is 1.37. The van der Waals surface area contributed by atoms with Crippen LogP contribution in [0, 0.1) is 0 Å². The highest BCUT2D eigenvalue weighted by atomic mass is 16.6. The highest BCUT2D eigenvalue weighted by Crippen LogP contribution is 2.30. The fourth-order valence-corrected chi connectivity index (χ4v) is 2.12. The quantitative estimate of drug-likeness (QED) is 0.304. The third-order valence-electron chi connectivity index (χ3n) is 3.47. The van der Waals surface area contributed by atoms with Crippen LogP contribution in [-0.4, -0.2) is 39.9 Å². The van der Waals surface area contributed by atoms with Gasteiger partial charge < -0.3 is 19.7 Å². The minimum atomic E-state index is -1.04. The second-order valence-electron chi connectivity index (χ2n) is 6.09. The topological polar surface area (TPSA) is 144 Å². The SMILES string of the molecule is CC(=O)/C=C/c1ccc(OC(=O)CCCC(=O)O)c(OC(=O)CCCC(=O)O)c1. The van der Waals surface area contributed by atoms with Gasteiger partial charge in [-0.15, -0.1) is 0 Å². The van der Waals surface area contributed by atoms with Gasteiger partial charge in [0.15, 0.2) is 17.3 Å². The van der Waals surface area contributed by atoms with E-state index in [9.17, 15) is 24.0 Å². The van der Waals surface area contributed by atoms with Gasteiger partial charge in [-0.05, 0) is 43.5 Å². The highest BCUT2D eigenvalue weighted by Gasteiger charge is 2.15. The van der Waals surface area contributed by atoms with Crippen LogP contribution in [0.15, 0.2) is 24.3 Å². The van der Waals surface area contributed by atoms with Crippen LogP contribution in [0.3, 0.4) is 0 Å². The van der Waals surface area contributed by atoms with Crippen molar-refractivity contribution in [3.05, 3.63) is 29.8 Å². The van der Waals surface area contributed by atoms with Gasteiger partial charge in [-0.1, -0.05) is 12.1 Å². The number of rotatable bonds is 12. The molecule has 9 heteroatoms. The molecule has 1 rings (SSSR count). The molecule has 0 radical (unpaired) electrons.